The van der Waals surface area contributed by atoms with Crippen molar-refractivity contribution in [1.29, 1.82) is 0 Å². The van der Waals surface area contributed by atoms with Crippen LogP contribution in [-0.2, 0) is 16.6 Å². The molecular weight excluding hydrogens is 464 g/mol. The van der Waals surface area contributed by atoms with Crippen molar-refractivity contribution in [3.63, 3.8) is 0 Å². The van der Waals surface area contributed by atoms with Crippen LogP contribution < -0.4 is 15.4 Å². The van der Waals surface area contributed by atoms with Crippen LogP contribution in [0.1, 0.15) is 29.7 Å². The monoisotopic (exact) mass is 492 g/mol. The maximum absolute atomic E-state index is 13.0. The first-order valence-electron chi connectivity index (χ1n) is 11.1. The van der Waals surface area contributed by atoms with Crippen LogP contribution in [0.25, 0.3) is 0 Å². The van der Waals surface area contributed by atoms with Crippen molar-refractivity contribution in [2.45, 2.75) is 46.1 Å². The minimum absolute atomic E-state index is 0.209. The number of sulfonamides is 1. The van der Waals surface area contributed by atoms with Gasteiger partial charge in [-0.05, 0) is 76.6 Å². The SMILES string of the molecule is CCn1nc(C)c(S(=O)(=O)Nc2ccc(Nc3cc(Nc4cc(C)ccn4)nc(C)n3)cc2)c1C. The van der Waals surface area contributed by atoms with E-state index < -0.39 is 10.0 Å². The Bertz CT molecular complexity index is 1460. The Morgan fingerprint density at radius 3 is 2.14 bits per heavy atom. The van der Waals surface area contributed by atoms with Crippen LogP contribution >= 0.6 is 0 Å². The Hall–Kier alpha value is -3.99. The summed E-state index contributed by atoms with van der Waals surface area (Å²) < 4.78 is 30.3. The van der Waals surface area contributed by atoms with E-state index in [-0.39, 0.29) is 4.90 Å². The first kappa shape index (κ1) is 24.1. The predicted molar refractivity (Wildman–Crippen MR) is 137 cm³/mol. The van der Waals surface area contributed by atoms with Gasteiger partial charge in [0.2, 0.25) is 0 Å². The minimum Gasteiger partial charge on any atom is -0.340 e. The molecule has 0 radical (unpaired) electrons. The highest BCUT2D eigenvalue weighted by Crippen LogP contribution is 2.25. The van der Waals surface area contributed by atoms with Crippen LogP contribution in [0, 0.1) is 27.7 Å². The summed E-state index contributed by atoms with van der Waals surface area (Å²) in [6.07, 6.45) is 1.74. The predicted octanol–water partition coefficient (Wildman–Crippen LogP) is 4.61. The van der Waals surface area contributed by atoms with Gasteiger partial charge in [-0.1, -0.05) is 0 Å². The summed E-state index contributed by atoms with van der Waals surface area (Å²) in [5.74, 6) is 2.49. The highest BCUT2D eigenvalue weighted by atomic mass is 32.2. The van der Waals surface area contributed by atoms with Gasteiger partial charge >= 0.3 is 0 Å². The van der Waals surface area contributed by atoms with Gasteiger partial charge in [0.05, 0.1) is 11.4 Å². The number of nitrogens with zero attached hydrogens (tertiary/aromatic N) is 5. The summed E-state index contributed by atoms with van der Waals surface area (Å²) in [6.45, 7) is 9.78. The summed E-state index contributed by atoms with van der Waals surface area (Å²) in [7, 11) is -3.77. The van der Waals surface area contributed by atoms with Crippen LogP contribution in [0.3, 0.4) is 0 Å². The number of hydrogen-bond donors (Lipinski definition) is 3. The molecule has 0 bridgehead atoms. The number of pyridine rings is 1. The second-order valence-corrected chi connectivity index (χ2v) is 9.77. The third kappa shape index (κ3) is 5.57. The minimum atomic E-state index is -3.77. The Labute approximate surface area is 204 Å². The summed E-state index contributed by atoms with van der Waals surface area (Å²) in [5.41, 5.74) is 3.37. The van der Waals surface area contributed by atoms with Gasteiger partial charge in [0.1, 0.15) is 28.2 Å². The Kier molecular flexibility index (Phi) is 6.70. The second-order valence-electron chi connectivity index (χ2n) is 8.15. The standard InChI is InChI=1S/C24H28N8O2S/c1-6-32-17(4)24(16(3)30-32)35(33,34)31-20-9-7-19(8-10-20)28-22-14-23(27-18(5)26-22)29-21-13-15(2)11-12-25-21/h7-14,31H,6H2,1-5H3,(H2,25,26,27,28,29). The molecule has 10 nitrogen and oxygen atoms in total. The third-order valence-corrected chi connectivity index (χ3v) is 6.94. The number of hydrogen-bond acceptors (Lipinski definition) is 8. The van der Waals surface area contributed by atoms with Gasteiger partial charge in [0.25, 0.3) is 10.0 Å². The molecule has 0 spiro atoms. The zero-order valence-corrected chi connectivity index (χ0v) is 21.1. The fourth-order valence-electron chi connectivity index (χ4n) is 3.78. The van der Waals surface area contributed by atoms with Crippen LogP contribution in [0.2, 0.25) is 0 Å². The molecule has 0 aliphatic rings. The third-order valence-electron chi connectivity index (χ3n) is 5.30. The molecule has 11 heteroatoms. The normalized spacial score (nSPS) is 11.3. The lowest BCUT2D eigenvalue weighted by Gasteiger charge is -2.12. The molecule has 0 atom stereocenters. The van der Waals surface area contributed by atoms with Crippen LogP contribution in [0.4, 0.5) is 28.8 Å². The van der Waals surface area contributed by atoms with E-state index in [1.807, 2.05) is 32.9 Å². The molecule has 3 N–H and O–H groups in total. The van der Waals surface area contributed by atoms with Crippen molar-refractivity contribution in [3.05, 3.63) is 71.4 Å². The molecule has 4 aromatic rings. The van der Waals surface area contributed by atoms with E-state index in [2.05, 4.69) is 35.4 Å². The summed E-state index contributed by atoms with van der Waals surface area (Å²) >= 11 is 0. The molecule has 0 amide bonds. The second kappa shape index (κ2) is 9.71. The van der Waals surface area contributed by atoms with E-state index >= 15 is 0 Å². The molecule has 0 saturated carbocycles. The molecular formula is C24H28N8O2S. The van der Waals surface area contributed by atoms with Gasteiger partial charge in [0, 0.05) is 30.2 Å². The van der Waals surface area contributed by atoms with Gasteiger partial charge in [0.15, 0.2) is 0 Å². The molecule has 0 fully saturated rings. The number of anilines is 5. The molecule has 0 saturated heterocycles. The maximum atomic E-state index is 13.0. The van der Waals surface area contributed by atoms with Gasteiger partial charge in [-0.25, -0.2) is 23.4 Å². The molecule has 0 aliphatic heterocycles. The molecule has 4 rings (SSSR count). The Balaban J connectivity index is 1.49. The van der Waals surface area contributed by atoms with Gasteiger partial charge in [-0.2, -0.15) is 5.10 Å². The van der Waals surface area contributed by atoms with E-state index in [0.717, 1.165) is 11.3 Å². The summed E-state index contributed by atoms with van der Waals surface area (Å²) in [5, 5.41) is 10.7. The molecule has 1 aromatic carbocycles. The van der Waals surface area contributed by atoms with E-state index in [1.54, 1.807) is 55.1 Å². The molecule has 3 aromatic heterocycles. The molecule has 35 heavy (non-hydrogen) atoms. The Morgan fingerprint density at radius 2 is 1.51 bits per heavy atom. The average molecular weight is 493 g/mol. The van der Waals surface area contributed by atoms with E-state index in [0.29, 0.717) is 46.9 Å². The van der Waals surface area contributed by atoms with E-state index in [4.69, 9.17) is 0 Å². The van der Waals surface area contributed by atoms with Crippen molar-refractivity contribution >= 4 is 38.9 Å². The first-order chi connectivity index (χ1) is 16.6. The van der Waals surface area contributed by atoms with Crippen molar-refractivity contribution in [1.82, 2.24) is 24.7 Å². The largest absolute Gasteiger partial charge is 0.340 e. The highest BCUT2D eigenvalue weighted by molar-refractivity contribution is 7.92. The topological polar surface area (TPSA) is 127 Å². The maximum Gasteiger partial charge on any atom is 0.265 e. The summed E-state index contributed by atoms with van der Waals surface area (Å²) in [4.78, 5) is 13.4. The molecule has 0 aliphatic carbocycles. The number of aromatic nitrogens is 5. The van der Waals surface area contributed by atoms with Gasteiger partial charge in [-0.3, -0.25) is 9.40 Å². The average Bonchev–Trinajstić information content (AvgIpc) is 3.08. The fraction of sp³-hybridized carbons (Fsp3) is 0.250. The van der Waals surface area contributed by atoms with Gasteiger partial charge in [-0.15, -0.1) is 0 Å². The van der Waals surface area contributed by atoms with Crippen LogP contribution in [0.5, 0.6) is 0 Å². The van der Waals surface area contributed by atoms with Crippen LogP contribution in [0.15, 0.2) is 53.6 Å². The number of aryl methyl sites for hydroxylation is 4. The van der Waals surface area contributed by atoms with Crippen LogP contribution in [-0.4, -0.2) is 33.2 Å². The molecule has 3 heterocycles. The number of benzene rings is 1. The number of rotatable bonds is 8. The van der Waals surface area contributed by atoms with E-state index in [1.165, 1.54) is 0 Å². The van der Waals surface area contributed by atoms with Gasteiger partial charge < -0.3 is 10.6 Å². The van der Waals surface area contributed by atoms with E-state index in [9.17, 15) is 8.42 Å². The Morgan fingerprint density at radius 1 is 0.857 bits per heavy atom. The number of nitrogens with one attached hydrogen (secondary N) is 3. The molecule has 0 unspecified atom stereocenters. The van der Waals surface area contributed by atoms with Crippen molar-refractivity contribution in [2.24, 2.45) is 0 Å². The van der Waals surface area contributed by atoms with Crippen molar-refractivity contribution < 1.29 is 8.42 Å². The quantitative estimate of drug-likeness (QED) is 0.325. The molecule has 182 valence electrons. The highest BCUT2D eigenvalue weighted by Gasteiger charge is 2.24. The fourth-order valence-corrected chi connectivity index (χ4v) is 5.26. The van der Waals surface area contributed by atoms with Crippen molar-refractivity contribution in [2.75, 3.05) is 15.4 Å². The first-order valence-corrected chi connectivity index (χ1v) is 12.6. The lowest BCUT2D eigenvalue weighted by molar-refractivity contribution is 0.598. The smallest absolute Gasteiger partial charge is 0.265 e. The lowest BCUT2D eigenvalue weighted by atomic mass is 10.3. The van der Waals surface area contributed by atoms with Crippen molar-refractivity contribution in [3.8, 4) is 0 Å². The lowest BCUT2D eigenvalue weighted by Crippen LogP contribution is -2.15. The zero-order valence-electron chi connectivity index (χ0n) is 20.3. The zero-order chi connectivity index (χ0) is 25.2. The summed E-state index contributed by atoms with van der Waals surface area (Å²) in [6, 6.07) is 12.6.